The zero-order valence-electron chi connectivity index (χ0n) is 12.4. The monoisotopic (exact) mass is 298 g/mol. The number of hydrogen-bond acceptors (Lipinski definition) is 3. The Labute approximate surface area is 134 Å². The van der Waals surface area contributed by atoms with Crippen LogP contribution in [-0.2, 0) is 0 Å². The van der Waals surface area contributed by atoms with E-state index in [1.165, 1.54) is 0 Å². The molecule has 0 spiro atoms. The fourth-order valence-corrected chi connectivity index (χ4v) is 3.22. The molecule has 0 bridgehead atoms. The van der Waals surface area contributed by atoms with E-state index in [0.29, 0.717) is 11.3 Å². The molecule has 0 amide bonds. The van der Waals surface area contributed by atoms with Crippen molar-refractivity contribution in [3.63, 3.8) is 0 Å². The molecule has 0 radical (unpaired) electrons. The van der Waals surface area contributed by atoms with Crippen LogP contribution < -0.4 is 10.5 Å². The smallest absolute Gasteiger partial charge is 0.205 e. The van der Waals surface area contributed by atoms with Crippen LogP contribution in [0.3, 0.4) is 0 Å². The minimum atomic E-state index is -0.212. The van der Waals surface area contributed by atoms with Crippen LogP contribution in [0.1, 0.15) is 17.0 Å². The summed E-state index contributed by atoms with van der Waals surface area (Å²) in [5.41, 5.74) is 8.50. The highest BCUT2D eigenvalue weighted by Gasteiger charge is 2.31. The average molecular weight is 298 g/mol. The predicted octanol–water partition coefficient (Wildman–Crippen LogP) is 4.06. The molecule has 2 N–H and O–H groups in total. The van der Waals surface area contributed by atoms with E-state index in [1.54, 1.807) is 0 Å². The third-order valence-corrected chi connectivity index (χ3v) is 4.25. The van der Waals surface area contributed by atoms with Gasteiger partial charge in [0, 0.05) is 5.56 Å². The lowest BCUT2D eigenvalue weighted by atomic mass is 9.81. The van der Waals surface area contributed by atoms with Crippen molar-refractivity contribution in [1.82, 2.24) is 0 Å². The van der Waals surface area contributed by atoms with Crippen LogP contribution in [0.15, 0.2) is 78.2 Å². The van der Waals surface area contributed by atoms with Crippen LogP contribution in [0.4, 0.5) is 0 Å². The second-order valence-electron chi connectivity index (χ2n) is 5.53. The van der Waals surface area contributed by atoms with Gasteiger partial charge in [-0.05, 0) is 22.4 Å². The molecule has 0 fully saturated rings. The number of hydrogen-bond donors (Lipinski definition) is 1. The van der Waals surface area contributed by atoms with Crippen molar-refractivity contribution in [3.05, 3.63) is 89.3 Å². The number of rotatable bonds is 1. The molecule has 1 unspecified atom stereocenters. The minimum absolute atomic E-state index is 0.184. The molecule has 1 aliphatic rings. The van der Waals surface area contributed by atoms with Crippen LogP contribution in [0.5, 0.6) is 5.75 Å². The molecule has 3 aromatic carbocycles. The fraction of sp³-hybridized carbons (Fsp3) is 0.0500. The first-order chi connectivity index (χ1) is 11.3. The van der Waals surface area contributed by atoms with Gasteiger partial charge in [0.05, 0.1) is 5.92 Å². The van der Waals surface area contributed by atoms with E-state index in [9.17, 15) is 5.26 Å². The summed E-state index contributed by atoms with van der Waals surface area (Å²) in [6.45, 7) is 0. The zero-order chi connectivity index (χ0) is 15.8. The van der Waals surface area contributed by atoms with Gasteiger partial charge in [0.25, 0.3) is 0 Å². The highest BCUT2D eigenvalue weighted by molar-refractivity contribution is 5.90. The number of nitrogens with zero attached hydrogens (tertiary/aromatic N) is 1. The van der Waals surface area contributed by atoms with Crippen molar-refractivity contribution in [2.45, 2.75) is 5.92 Å². The highest BCUT2D eigenvalue weighted by Crippen LogP contribution is 2.45. The van der Waals surface area contributed by atoms with Gasteiger partial charge in [-0.1, -0.05) is 60.7 Å². The van der Waals surface area contributed by atoms with Crippen LogP contribution in [0.25, 0.3) is 10.8 Å². The standard InChI is InChI=1S/C20H14N2O/c21-12-16-18(14-7-2-1-3-8-14)19-15-9-5-4-6-13(15)10-11-17(19)23-20(16)22/h1-11,18H,22H2. The summed E-state index contributed by atoms with van der Waals surface area (Å²) < 4.78 is 5.73. The van der Waals surface area contributed by atoms with Gasteiger partial charge < -0.3 is 10.5 Å². The Morgan fingerprint density at radius 3 is 2.43 bits per heavy atom. The predicted molar refractivity (Wildman–Crippen MR) is 89.7 cm³/mol. The Kier molecular flexibility index (Phi) is 3.03. The number of nitrogens with two attached hydrogens (primary N) is 1. The van der Waals surface area contributed by atoms with Crippen LogP contribution in [-0.4, -0.2) is 0 Å². The third kappa shape index (κ3) is 2.04. The number of benzene rings is 3. The van der Waals surface area contributed by atoms with Crippen molar-refractivity contribution in [2.75, 3.05) is 0 Å². The Hall–Kier alpha value is -3.25. The Morgan fingerprint density at radius 2 is 1.65 bits per heavy atom. The number of nitriles is 1. The number of ether oxygens (including phenoxy) is 1. The zero-order valence-corrected chi connectivity index (χ0v) is 12.4. The van der Waals surface area contributed by atoms with Crippen molar-refractivity contribution in [1.29, 1.82) is 5.26 Å². The second-order valence-corrected chi connectivity index (χ2v) is 5.53. The summed E-state index contributed by atoms with van der Waals surface area (Å²) in [7, 11) is 0. The molecule has 0 aliphatic carbocycles. The Bertz CT molecular complexity index is 968. The van der Waals surface area contributed by atoms with E-state index in [0.717, 1.165) is 21.9 Å². The van der Waals surface area contributed by atoms with E-state index < -0.39 is 0 Å². The van der Waals surface area contributed by atoms with Crippen LogP contribution >= 0.6 is 0 Å². The van der Waals surface area contributed by atoms with E-state index in [-0.39, 0.29) is 11.8 Å². The van der Waals surface area contributed by atoms with Crippen molar-refractivity contribution >= 4 is 10.8 Å². The molecule has 4 rings (SSSR count). The second kappa shape index (κ2) is 5.19. The lowest BCUT2D eigenvalue weighted by Gasteiger charge is -2.27. The minimum Gasteiger partial charge on any atom is -0.440 e. The van der Waals surface area contributed by atoms with Gasteiger partial charge in [-0.15, -0.1) is 0 Å². The molecule has 1 aliphatic heterocycles. The van der Waals surface area contributed by atoms with Crippen molar-refractivity contribution in [3.8, 4) is 11.8 Å². The van der Waals surface area contributed by atoms with Gasteiger partial charge in [0.15, 0.2) is 0 Å². The molecule has 1 heterocycles. The number of fused-ring (bicyclic) bond motifs is 3. The summed E-state index contributed by atoms with van der Waals surface area (Å²) in [6.07, 6.45) is 0. The molecular weight excluding hydrogens is 284 g/mol. The maximum atomic E-state index is 9.62. The summed E-state index contributed by atoms with van der Waals surface area (Å²) in [5, 5.41) is 11.8. The highest BCUT2D eigenvalue weighted by atomic mass is 16.5. The largest absolute Gasteiger partial charge is 0.440 e. The van der Waals surface area contributed by atoms with E-state index in [4.69, 9.17) is 10.5 Å². The quantitative estimate of drug-likeness (QED) is 0.737. The fourth-order valence-electron chi connectivity index (χ4n) is 3.22. The molecule has 0 aromatic heterocycles. The van der Waals surface area contributed by atoms with Gasteiger partial charge in [0.1, 0.15) is 17.4 Å². The van der Waals surface area contributed by atoms with E-state index in [2.05, 4.69) is 18.2 Å². The van der Waals surface area contributed by atoms with E-state index >= 15 is 0 Å². The topological polar surface area (TPSA) is 59.0 Å². The summed E-state index contributed by atoms with van der Waals surface area (Å²) >= 11 is 0. The first kappa shape index (κ1) is 13.4. The lowest BCUT2D eigenvalue weighted by Crippen LogP contribution is -2.21. The normalized spacial score (nSPS) is 16.6. The van der Waals surface area contributed by atoms with Gasteiger partial charge in [-0.25, -0.2) is 0 Å². The van der Waals surface area contributed by atoms with Gasteiger partial charge in [0.2, 0.25) is 5.88 Å². The maximum Gasteiger partial charge on any atom is 0.205 e. The molecule has 1 atom stereocenters. The van der Waals surface area contributed by atoms with Crippen LogP contribution in [0.2, 0.25) is 0 Å². The molecule has 3 aromatic rings. The van der Waals surface area contributed by atoms with Crippen LogP contribution in [0, 0.1) is 11.3 Å². The lowest BCUT2D eigenvalue weighted by molar-refractivity contribution is 0.395. The molecular formula is C20H14N2O. The third-order valence-electron chi connectivity index (χ3n) is 4.25. The summed E-state index contributed by atoms with van der Waals surface area (Å²) in [5.74, 6) is 0.689. The van der Waals surface area contributed by atoms with E-state index in [1.807, 2.05) is 54.6 Å². The van der Waals surface area contributed by atoms with Crippen molar-refractivity contribution in [2.24, 2.45) is 5.73 Å². The van der Waals surface area contributed by atoms with Gasteiger partial charge >= 0.3 is 0 Å². The molecule has 3 nitrogen and oxygen atoms in total. The summed E-state index contributed by atoms with van der Waals surface area (Å²) in [4.78, 5) is 0. The van der Waals surface area contributed by atoms with Gasteiger partial charge in [-0.2, -0.15) is 5.26 Å². The maximum absolute atomic E-state index is 9.62. The molecule has 23 heavy (non-hydrogen) atoms. The molecule has 110 valence electrons. The Balaban J connectivity index is 2.08. The molecule has 0 saturated carbocycles. The number of allylic oxidation sites excluding steroid dienone is 1. The molecule has 3 heteroatoms. The van der Waals surface area contributed by atoms with Gasteiger partial charge in [-0.3, -0.25) is 0 Å². The SMILES string of the molecule is N#CC1=C(N)Oc2ccc3ccccc3c2C1c1ccccc1. The summed E-state index contributed by atoms with van der Waals surface area (Å²) in [6, 6.07) is 24.3. The molecule has 0 saturated heterocycles. The first-order valence-electron chi connectivity index (χ1n) is 7.44. The first-order valence-corrected chi connectivity index (χ1v) is 7.44. The Morgan fingerprint density at radius 1 is 0.913 bits per heavy atom. The average Bonchev–Trinajstić information content (AvgIpc) is 2.61. The van der Waals surface area contributed by atoms with Crippen molar-refractivity contribution < 1.29 is 4.74 Å².